The average molecular weight is 214 g/mol. The highest BCUT2D eigenvalue weighted by atomic mass is 15.1. The van der Waals surface area contributed by atoms with Crippen LogP contribution in [-0.4, -0.2) is 4.98 Å². The molecule has 1 aromatic carbocycles. The van der Waals surface area contributed by atoms with Gasteiger partial charge in [-0.2, -0.15) is 5.11 Å². The minimum Gasteiger partial charge on any atom is -0.384 e. The van der Waals surface area contributed by atoms with Gasteiger partial charge in [-0.1, -0.05) is 18.2 Å². The largest absolute Gasteiger partial charge is 1.00 e. The molecule has 0 unspecified atom stereocenters. The number of pyridine rings is 1. The van der Waals surface area contributed by atoms with Crippen LogP contribution in [0.5, 0.6) is 0 Å². The highest BCUT2D eigenvalue weighted by Gasteiger charge is 1.98. The second-order valence-electron chi connectivity index (χ2n) is 3.18. The molecule has 2 rings (SSSR count). The molecule has 2 aromatic rings. The van der Waals surface area contributed by atoms with Crippen LogP contribution in [0.1, 0.15) is 1.43 Å². The Morgan fingerprint density at radius 1 is 0.938 bits per heavy atom. The molecule has 80 valence electrons. The summed E-state index contributed by atoms with van der Waals surface area (Å²) < 4.78 is 0. The number of nitrogens with two attached hydrogens (primary N) is 2. The summed E-state index contributed by atoms with van der Waals surface area (Å²) >= 11 is 0. The first-order chi connectivity index (χ1) is 7.75. The normalized spacial score (nSPS) is 10.8. The van der Waals surface area contributed by atoms with Crippen LogP contribution in [-0.2, 0) is 0 Å². The van der Waals surface area contributed by atoms with Crippen molar-refractivity contribution in [1.29, 1.82) is 0 Å². The van der Waals surface area contributed by atoms with Crippen LogP contribution in [0, 0.1) is 0 Å². The summed E-state index contributed by atoms with van der Waals surface area (Å²) in [6.07, 6.45) is 0. The predicted octanol–water partition coefficient (Wildman–Crippen LogP) is 2.77. The maximum atomic E-state index is 5.64. The Bertz CT molecular complexity index is 513. The van der Waals surface area contributed by atoms with Gasteiger partial charge in [-0.3, -0.25) is 0 Å². The Kier molecular flexibility index (Phi) is 2.77. The van der Waals surface area contributed by atoms with E-state index in [0.717, 1.165) is 5.69 Å². The summed E-state index contributed by atoms with van der Waals surface area (Å²) in [5, 5.41) is 8.03. The van der Waals surface area contributed by atoms with Gasteiger partial charge in [-0.05, 0) is 24.3 Å². The third-order valence-electron chi connectivity index (χ3n) is 1.95. The van der Waals surface area contributed by atoms with Gasteiger partial charge in [0.25, 0.3) is 0 Å². The molecule has 0 bridgehead atoms. The van der Waals surface area contributed by atoms with Gasteiger partial charge in [0.1, 0.15) is 11.5 Å². The lowest BCUT2D eigenvalue weighted by Crippen LogP contribution is -1.95. The van der Waals surface area contributed by atoms with Crippen LogP contribution in [0.15, 0.2) is 52.7 Å². The monoisotopic (exact) mass is 214 g/mol. The molecule has 0 aliphatic carbocycles. The number of aromatic nitrogens is 1. The number of rotatable bonds is 2. The molecule has 0 spiro atoms. The Hall–Kier alpha value is -2.43. The third-order valence-corrected chi connectivity index (χ3v) is 1.95. The van der Waals surface area contributed by atoms with E-state index in [1.165, 1.54) is 0 Å². The average Bonchev–Trinajstić information content (AvgIpc) is 2.29. The van der Waals surface area contributed by atoms with Gasteiger partial charge in [0, 0.05) is 0 Å². The minimum atomic E-state index is 0. The zero-order valence-corrected chi connectivity index (χ0v) is 8.54. The maximum Gasteiger partial charge on any atom is 1.00 e. The topological polar surface area (TPSA) is 89.6 Å². The standard InChI is InChI=1S/C11H11N5/c12-10-7-6-9(11(13)14-10)16-15-8-4-2-1-3-5-8/h1-7H,(H4,12,13,14)/p+1. The summed E-state index contributed by atoms with van der Waals surface area (Å²) in [5.41, 5.74) is 12.4. The lowest BCUT2D eigenvalue weighted by molar-refractivity contribution is 1.21. The van der Waals surface area contributed by atoms with Gasteiger partial charge in [-0.15, -0.1) is 5.11 Å². The quantitative estimate of drug-likeness (QED) is 0.753. The van der Waals surface area contributed by atoms with Crippen molar-refractivity contribution in [1.82, 2.24) is 4.98 Å². The van der Waals surface area contributed by atoms with E-state index in [1.54, 1.807) is 12.1 Å². The molecule has 0 fully saturated rings. The molecule has 1 heterocycles. The van der Waals surface area contributed by atoms with Crippen molar-refractivity contribution >= 4 is 23.0 Å². The van der Waals surface area contributed by atoms with Crippen molar-refractivity contribution in [3.05, 3.63) is 42.5 Å². The fourth-order valence-electron chi connectivity index (χ4n) is 1.17. The van der Waals surface area contributed by atoms with Crippen LogP contribution in [0.2, 0.25) is 0 Å². The zero-order valence-electron chi connectivity index (χ0n) is 9.54. The van der Waals surface area contributed by atoms with Crippen LogP contribution in [0.3, 0.4) is 0 Å². The smallest absolute Gasteiger partial charge is 0.384 e. The number of benzene rings is 1. The lowest BCUT2D eigenvalue weighted by Gasteiger charge is -1.98. The Morgan fingerprint density at radius 2 is 1.69 bits per heavy atom. The number of hydrogen-bond acceptors (Lipinski definition) is 5. The molecular formula is C11H12N5+. The van der Waals surface area contributed by atoms with Gasteiger partial charge < -0.3 is 11.5 Å². The van der Waals surface area contributed by atoms with Crippen LogP contribution in [0.4, 0.5) is 23.0 Å². The van der Waals surface area contributed by atoms with E-state index in [0.29, 0.717) is 11.5 Å². The summed E-state index contributed by atoms with van der Waals surface area (Å²) in [7, 11) is 0. The molecule has 0 aliphatic heterocycles. The van der Waals surface area contributed by atoms with Gasteiger partial charge in [0.15, 0.2) is 5.82 Å². The fraction of sp³-hybridized carbons (Fsp3) is 0. The van der Waals surface area contributed by atoms with Crippen LogP contribution >= 0.6 is 0 Å². The van der Waals surface area contributed by atoms with E-state index in [2.05, 4.69) is 15.2 Å². The van der Waals surface area contributed by atoms with Gasteiger partial charge in [0.05, 0.1) is 5.69 Å². The predicted molar refractivity (Wildman–Crippen MR) is 64.8 cm³/mol. The molecule has 0 radical (unpaired) electrons. The minimum absolute atomic E-state index is 0. The molecule has 0 amide bonds. The molecule has 4 N–H and O–H groups in total. The van der Waals surface area contributed by atoms with E-state index < -0.39 is 0 Å². The van der Waals surface area contributed by atoms with Crippen molar-refractivity contribution in [2.75, 3.05) is 11.5 Å². The summed E-state index contributed by atoms with van der Waals surface area (Å²) in [5.74, 6) is 0.649. The first-order valence-electron chi connectivity index (χ1n) is 4.74. The molecule has 0 saturated heterocycles. The number of anilines is 2. The number of nitrogen functional groups attached to an aromatic ring is 2. The molecule has 5 heteroatoms. The van der Waals surface area contributed by atoms with E-state index in [4.69, 9.17) is 11.5 Å². The van der Waals surface area contributed by atoms with E-state index in [-0.39, 0.29) is 7.24 Å². The maximum absolute atomic E-state index is 5.64. The van der Waals surface area contributed by atoms with E-state index in [1.807, 2.05) is 30.3 Å². The molecule has 1 aromatic heterocycles. The van der Waals surface area contributed by atoms with Crippen LogP contribution < -0.4 is 11.5 Å². The molecule has 0 aliphatic rings. The number of hydrogen-bond donors (Lipinski definition) is 2. The highest BCUT2D eigenvalue weighted by molar-refractivity contribution is 5.60. The van der Waals surface area contributed by atoms with Gasteiger partial charge in [-0.25, -0.2) is 4.98 Å². The lowest BCUT2D eigenvalue weighted by atomic mass is 10.3. The number of azo groups is 1. The van der Waals surface area contributed by atoms with Crippen molar-refractivity contribution in [2.45, 2.75) is 0 Å². The summed E-state index contributed by atoms with van der Waals surface area (Å²) in [6.45, 7) is 0. The second kappa shape index (κ2) is 4.39. The molecule has 5 nitrogen and oxygen atoms in total. The third kappa shape index (κ3) is 2.33. The molecule has 0 saturated carbocycles. The number of nitrogens with zero attached hydrogens (tertiary/aromatic N) is 3. The van der Waals surface area contributed by atoms with Gasteiger partial charge in [0.2, 0.25) is 0 Å². The van der Waals surface area contributed by atoms with Gasteiger partial charge >= 0.3 is 1.43 Å². The zero-order chi connectivity index (χ0) is 11.4. The van der Waals surface area contributed by atoms with Crippen molar-refractivity contribution < 1.29 is 1.43 Å². The SMILES string of the molecule is Nc1ccc(N=Nc2ccccc2)c(N)n1.[H+]. The summed E-state index contributed by atoms with van der Waals surface area (Å²) in [4.78, 5) is 3.89. The Balaban J connectivity index is 0.00000144. The molecule has 0 atom stereocenters. The first-order valence-corrected chi connectivity index (χ1v) is 4.74. The molecule has 16 heavy (non-hydrogen) atoms. The highest BCUT2D eigenvalue weighted by Crippen LogP contribution is 2.23. The van der Waals surface area contributed by atoms with Crippen molar-refractivity contribution in [2.24, 2.45) is 10.2 Å². The molecular weight excluding hydrogens is 202 g/mol. The van der Waals surface area contributed by atoms with E-state index in [9.17, 15) is 0 Å². The summed E-state index contributed by atoms with van der Waals surface area (Å²) in [6, 6.07) is 12.7. The Morgan fingerprint density at radius 3 is 2.38 bits per heavy atom. The fourth-order valence-corrected chi connectivity index (χ4v) is 1.17. The second-order valence-corrected chi connectivity index (χ2v) is 3.18. The first kappa shape index (κ1) is 10.1. The van der Waals surface area contributed by atoms with Crippen molar-refractivity contribution in [3.8, 4) is 0 Å². The van der Waals surface area contributed by atoms with Crippen LogP contribution in [0.25, 0.3) is 0 Å². The van der Waals surface area contributed by atoms with Crippen molar-refractivity contribution in [3.63, 3.8) is 0 Å². The Labute approximate surface area is 94.3 Å². The van der Waals surface area contributed by atoms with E-state index >= 15 is 0 Å².